The van der Waals surface area contributed by atoms with Crippen molar-refractivity contribution >= 4 is 38.1 Å². The normalized spacial score (nSPS) is 10.9. The predicted octanol–water partition coefficient (Wildman–Crippen LogP) is 10.3. The second-order valence-electron chi connectivity index (χ2n) is 8.86. The van der Waals surface area contributed by atoms with E-state index < -0.39 is 0 Å². The van der Waals surface area contributed by atoms with Crippen LogP contribution in [0.2, 0.25) is 0 Å². The molecule has 36 heavy (non-hydrogen) atoms. The first kappa shape index (κ1) is 22.3. The molecule has 0 unspecified atom stereocenters. The molecule has 0 atom stereocenters. The van der Waals surface area contributed by atoms with Gasteiger partial charge in [-0.05, 0) is 86.6 Å². The Morgan fingerprint density at radius 1 is 0.417 bits per heavy atom. The molecule has 0 bridgehead atoms. The van der Waals surface area contributed by atoms with Crippen molar-refractivity contribution < 1.29 is 0 Å². The highest BCUT2D eigenvalue weighted by Crippen LogP contribution is 2.38. The number of benzene rings is 6. The zero-order chi connectivity index (χ0) is 24.3. The van der Waals surface area contributed by atoms with Crippen molar-refractivity contribution in [2.75, 3.05) is 5.32 Å². The third-order valence-electron chi connectivity index (χ3n) is 6.53. The molecule has 2 heteroatoms. The van der Waals surface area contributed by atoms with Crippen molar-refractivity contribution in [3.05, 3.63) is 144 Å². The van der Waals surface area contributed by atoms with Crippen molar-refractivity contribution in [3.63, 3.8) is 0 Å². The maximum atomic E-state index is 3.50. The minimum absolute atomic E-state index is 1.06. The van der Waals surface area contributed by atoms with Gasteiger partial charge < -0.3 is 5.32 Å². The van der Waals surface area contributed by atoms with Gasteiger partial charge in [-0.2, -0.15) is 0 Å². The van der Waals surface area contributed by atoms with E-state index in [4.69, 9.17) is 0 Å². The first-order valence-electron chi connectivity index (χ1n) is 12.1. The van der Waals surface area contributed by atoms with Crippen molar-refractivity contribution in [1.29, 1.82) is 0 Å². The fourth-order valence-corrected chi connectivity index (χ4v) is 4.99. The fraction of sp³-hybridized carbons (Fsp3) is 0. The minimum atomic E-state index is 1.06. The highest BCUT2D eigenvalue weighted by Gasteiger charge is 2.11. The zero-order valence-corrected chi connectivity index (χ0v) is 21.2. The standard InChI is InChI=1S/C34H24BrN/c35-28-16-20-30(21-17-28)36-29-18-13-26(14-19-29)33-22-15-27(23-34(33)25-7-2-1-3-8-25)32-12-6-10-24-9-4-5-11-31(24)32/h1-23,36H. The van der Waals surface area contributed by atoms with E-state index in [0.717, 1.165) is 15.8 Å². The molecule has 6 aromatic carbocycles. The van der Waals surface area contributed by atoms with Gasteiger partial charge in [0.15, 0.2) is 0 Å². The molecule has 0 saturated heterocycles. The molecule has 0 saturated carbocycles. The number of anilines is 2. The molecule has 0 aromatic heterocycles. The largest absolute Gasteiger partial charge is 0.356 e. The van der Waals surface area contributed by atoms with E-state index in [1.807, 2.05) is 12.1 Å². The topological polar surface area (TPSA) is 12.0 Å². The Kier molecular flexibility index (Phi) is 6.11. The summed E-state index contributed by atoms with van der Waals surface area (Å²) in [4.78, 5) is 0. The Morgan fingerprint density at radius 3 is 1.81 bits per heavy atom. The third kappa shape index (κ3) is 4.56. The van der Waals surface area contributed by atoms with Gasteiger partial charge in [0.25, 0.3) is 0 Å². The minimum Gasteiger partial charge on any atom is -0.356 e. The summed E-state index contributed by atoms with van der Waals surface area (Å²) in [7, 11) is 0. The lowest BCUT2D eigenvalue weighted by Crippen LogP contribution is -1.91. The van der Waals surface area contributed by atoms with E-state index in [2.05, 4.69) is 149 Å². The molecule has 6 rings (SSSR count). The Hall–Kier alpha value is -4.14. The summed E-state index contributed by atoms with van der Waals surface area (Å²) in [5.41, 5.74) is 9.47. The number of nitrogens with one attached hydrogen (secondary N) is 1. The van der Waals surface area contributed by atoms with Gasteiger partial charge in [-0.15, -0.1) is 0 Å². The summed E-state index contributed by atoms with van der Waals surface area (Å²) in [6.45, 7) is 0. The van der Waals surface area contributed by atoms with Crippen LogP contribution in [0.3, 0.4) is 0 Å². The third-order valence-corrected chi connectivity index (χ3v) is 7.06. The van der Waals surface area contributed by atoms with Crippen LogP contribution in [0.25, 0.3) is 44.2 Å². The van der Waals surface area contributed by atoms with E-state index >= 15 is 0 Å². The molecule has 0 aliphatic carbocycles. The molecule has 0 heterocycles. The van der Waals surface area contributed by atoms with Crippen LogP contribution in [-0.2, 0) is 0 Å². The molecule has 0 fully saturated rings. The maximum absolute atomic E-state index is 3.50. The summed E-state index contributed by atoms with van der Waals surface area (Å²) >= 11 is 3.50. The van der Waals surface area contributed by atoms with Gasteiger partial charge in [-0.25, -0.2) is 0 Å². The van der Waals surface area contributed by atoms with Crippen LogP contribution in [0.15, 0.2) is 144 Å². The number of fused-ring (bicyclic) bond motifs is 1. The van der Waals surface area contributed by atoms with Gasteiger partial charge in [-0.1, -0.05) is 113 Å². The quantitative estimate of drug-likeness (QED) is 0.236. The van der Waals surface area contributed by atoms with Crippen LogP contribution >= 0.6 is 15.9 Å². The van der Waals surface area contributed by atoms with E-state index in [9.17, 15) is 0 Å². The summed E-state index contributed by atoms with van der Waals surface area (Å²) < 4.78 is 1.07. The number of rotatable bonds is 5. The molecule has 0 amide bonds. The highest BCUT2D eigenvalue weighted by atomic mass is 79.9. The summed E-state index contributed by atoms with van der Waals surface area (Å²) in [5.74, 6) is 0. The molecule has 0 aliphatic heterocycles. The summed E-state index contributed by atoms with van der Waals surface area (Å²) in [5, 5.41) is 6.01. The van der Waals surface area contributed by atoms with E-state index in [1.165, 1.54) is 44.2 Å². The monoisotopic (exact) mass is 525 g/mol. The molecule has 1 N–H and O–H groups in total. The van der Waals surface area contributed by atoms with E-state index in [-0.39, 0.29) is 0 Å². The molecule has 0 aliphatic rings. The van der Waals surface area contributed by atoms with Crippen LogP contribution < -0.4 is 5.32 Å². The van der Waals surface area contributed by atoms with Gasteiger partial charge in [-0.3, -0.25) is 0 Å². The van der Waals surface area contributed by atoms with Gasteiger partial charge in [0.1, 0.15) is 0 Å². The van der Waals surface area contributed by atoms with Crippen LogP contribution in [-0.4, -0.2) is 0 Å². The summed E-state index contributed by atoms with van der Waals surface area (Å²) in [6, 6.07) is 49.5. The van der Waals surface area contributed by atoms with Crippen molar-refractivity contribution in [1.82, 2.24) is 0 Å². The van der Waals surface area contributed by atoms with Crippen molar-refractivity contribution in [2.24, 2.45) is 0 Å². The Bertz CT molecular complexity index is 1630. The van der Waals surface area contributed by atoms with Crippen LogP contribution in [0.1, 0.15) is 0 Å². The molecular formula is C34H24BrN. The molecule has 0 radical (unpaired) electrons. The first-order chi connectivity index (χ1) is 17.7. The van der Waals surface area contributed by atoms with E-state index in [0.29, 0.717) is 0 Å². The van der Waals surface area contributed by atoms with Gasteiger partial charge in [0, 0.05) is 15.8 Å². The Labute approximate surface area is 220 Å². The van der Waals surface area contributed by atoms with E-state index in [1.54, 1.807) is 0 Å². The van der Waals surface area contributed by atoms with Gasteiger partial charge in [0.2, 0.25) is 0 Å². The van der Waals surface area contributed by atoms with Crippen LogP contribution in [0, 0.1) is 0 Å². The average molecular weight is 526 g/mol. The summed E-state index contributed by atoms with van der Waals surface area (Å²) in [6.07, 6.45) is 0. The lowest BCUT2D eigenvalue weighted by Gasteiger charge is -2.15. The maximum Gasteiger partial charge on any atom is 0.0384 e. The second-order valence-corrected chi connectivity index (χ2v) is 9.78. The second kappa shape index (κ2) is 9.85. The lowest BCUT2D eigenvalue weighted by molar-refractivity contribution is 1.52. The Balaban J connectivity index is 1.41. The highest BCUT2D eigenvalue weighted by molar-refractivity contribution is 9.10. The predicted molar refractivity (Wildman–Crippen MR) is 158 cm³/mol. The fourth-order valence-electron chi connectivity index (χ4n) is 4.73. The van der Waals surface area contributed by atoms with Crippen LogP contribution in [0.4, 0.5) is 11.4 Å². The molecule has 1 nitrogen and oxygen atoms in total. The lowest BCUT2D eigenvalue weighted by atomic mass is 9.90. The van der Waals surface area contributed by atoms with Gasteiger partial charge >= 0.3 is 0 Å². The number of halogens is 1. The number of hydrogen-bond acceptors (Lipinski definition) is 1. The SMILES string of the molecule is Brc1ccc(Nc2ccc(-c3ccc(-c4cccc5ccccc45)cc3-c3ccccc3)cc2)cc1. The zero-order valence-electron chi connectivity index (χ0n) is 19.7. The molecule has 0 spiro atoms. The van der Waals surface area contributed by atoms with Crippen molar-refractivity contribution in [2.45, 2.75) is 0 Å². The van der Waals surface area contributed by atoms with Gasteiger partial charge in [0.05, 0.1) is 0 Å². The average Bonchev–Trinajstić information content (AvgIpc) is 2.95. The molecule has 172 valence electrons. The van der Waals surface area contributed by atoms with Crippen LogP contribution in [0.5, 0.6) is 0 Å². The Morgan fingerprint density at radius 2 is 1.03 bits per heavy atom. The molecule has 6 aromatic rings. The smallest absolute Gasteiger partial charge is 0.0384 e. The first-order valence-corrected chi connectivity index (χ1v) is 12.8. The van der Waals surface area contributed by atoms with Crippen molar-refractivity contribution in [3.8, 4) is 33.4 Å². The number of hydrogen-bond donors (Lipinski definition) is 1. The molecular weight excluding hydrogens is 502 g/mol.